The summed E-state index contributed by atoms with van der Waals surface area (Å²) in [4.78, 5) is 15.7. The van der Waals surface area contributed by atoms with Crippen LogP contribution >= 0.6 is 23.2 Å². The maximum absolute atomic E-state index is 11.5. The molecule has 1 heterocycles. The van der Waals surface area contributed by atoms with Crippen LogP contribution < -0.4 is 11.2 Å². The lowest BCUT2D eigenvalue weighted by Gasteiger charge is -2.15. The average Bonchev–Trinajstić information content (AvgIpc) is 2.57. The first-order chi connectivity index (χ1) is 12.0. The molecule has 2 N–H and O–H groups in total. The van der Waals surface area contributed by atoms with Gasteiger partial charge in [-0.2, -0.15) is 5.10 Å². The third-order valence-corrected chi connectivity index (χ3v) is 4.23. The Bertz CT molecular complexity index is 1020. The molecular weight excluding hydrogens is 361 g/mol. The van der Waals surface area contributed by atoms with E-state index in [9.17, 15) is 4.79 Å². The summed E-state index contributed by atoms with van der Waals surface area (Å²) in [6.45, 7) is 0.436. The van der Waals surface area contributed by atoms with E-state index in [1.54, 1.807) is 24.2 Å². The standard InChI is InChI=1S/C17H15Cl2N5O/c1-23(9-11-6-7-12(18)8-14(11)19)22-16-13-4-2-3-5-15(13)21-17(20)24(16)10-25/h2-8,10H,9H2,1H3,(H2,20,21)/b22-16-. The van der Waals surface area contributed by atoms with Crippen LogP contribution in [0, 0.1) is 0 Å². The van der Waals surface area contributed by atoms with Gasteiger partial charge in [-0.3, -0.25) is 9.80 Å². The lowest BCUT2D eigenvalue weighted by molar-refractivity contribution is 0.331. The molecule has 0 bridgehead atoms. The van der Waals surface area contributed by atoms with E-state index in [4.69, 9.17) is 28.9 Å². The number of carbonyl (C=O) groups excluding carboxylic acids is 1. The summed E-state index contributed by atoms with van der Waals surface area (Å²) in [6.07, 6.45) is 0.594. The Morgan fingerprint density at radius 1 is 1.28 bits per heavy atom. The number of para-hydroxylation sites is 1. The van der Waals surface area contributed by atoms with Crippen molar-refractivity contribution in [3.63, 3.8) is 0 Å². The first-order valence-electron chi connectivity index (χ1n) is 7.41. The van der Waals surface area contributed by atoms with Crippen LogP contribution in [0.5, 0.6) is 0 Å². The second-order valence-electron chi connectivity index (χ2n) is 5.44. The monoisotopic (exact) mass is 375 g/mol. The number of carbonyl (C=O) groups is 1. The minimum atomic E-state index is 0.0744. The van der Waals surface area contributed by atoms with Crippen molar-refractivity contribution in [2.45, 2.75) is 6.54 Å². The number of nitrogen functional groups attached to an aromatic ring is 1. The molecule has 0 radical (unpaired) electrons. The topological polar surface area (TPSA) is 76.5 Å². The number of anilines is 1. The van der Waals surface area contributed by atoms with Crippen LogP contribution in [0.2, 0.25) is 10.0 Å². The van der Waals surface area contributed by atoms with Gasteiger partial charge in [0.1, 0.15) is 0 Å². The van der Waals surface area contributed by atoms with Crippen molar-refractivity contribution in [3.05, 3.63) is 63.6 Å². The number of rotatable bonds is 4. The number of benzene rings is 2. The highest BCUT2D eigenvalue weighted by Crippen LogP contribution is 2.22. The van der Waals surface area contributed by atoms with E-state index < -0.39 is 0 Å². The SMILES string of the molecule is CN(Cc1ccc(Cl)cc1Cl)/N=c1/c2ccccc2nc(N)n1C=O. The van der Waals surface area contributed by atoms with E-state index >= 15 is 0 Å². The average molecular weight is 376 g/mol. The van der Waals surface area contributed by atoms with Crippen molar-refractivity contribution in [2.24, 2.45) is 5.10 Å². The number of hydrogen-bond donors (Lipinski definition) is 1. The zero-order valence-electron chi connectivity index (χ0n) is 13.4. The number of nitrogens with zero attached hydrogens (tertiary/aromatic N) is 4. The van der Waals surface area contributed by atoms with E-state index in [2.05, 4.69) is 10.1 Å². The van der Waals surface area contributed by atoms with E-state index in [1.807, 2.05) is 30.3 Å². The van der Waals surface area contributed by atoms with Crippen LogP contribution in [0.15, 0.2) is 47.6 Å². The first kappa shape index (κ1) is 17.3. The van der Waals surface area contributed by atoms with Crippen LogP contribution in [-0.4, -0.2) is 28.0 Å². The molecule has 0 atom stereocenters. The molecule has 0 unspecified atom stereocenters. The molecule has 0 fully saturated rings. The summed E-state index contributed by atoms with van der Waals surface area (Å²) in [5.41, 5.74) is 7.81. The van der Waals surface area contributed by atoms with Gasteiger partial charge in [-0.25, -0.2) is 9.55 Å². The summed E-state index contributed by atoms with van der Waals surface area (Å²) in [6, 6.07) is 12.6. The molecule has 25 heavy (non-hydrogen) atoms. The largest absolute Gasteiger partial charge is 0.369 e. The minimum Gasteiger partial charge on any atom is -0.369 e. The highest BCUT2D eigenvalue weighted by atomic mass is 35.5. The Balaban J connectivity index is 2.09. The van der Waals surface area contributed by atoms with Crippen molar-refractivity contribution >= 4 is 46.5 Å². The van der Waals surface area contributed by atoms with Crippen molar-refractivity contribution in [2.75, 3.05) is 12.8 Å². The van der Waals surface area contributed by atoms with Gasteiger partial charge in [-0.15, -0.1) is 0 Å². The van der Waals surface area contributed by atoms with Crippen LogP contribution in [0.25, 0.3) is 10.9 Å². The predicted molar refractivity (Wildman–Crippen MR) is 99.8 cm³/mol. The van der Waals surface area contributed by atoms with Gasteiger partial charge in [0.15, 0.2) is 5.49 Å². The van der Waals surface area contributed by atoms with Gasteiger partial charge in [0.2, 0.25) is 12.4 Å². The van der Waals surface area contributed by atoms with Crippen molar-refractivity contribution in [3.8, 4) is 0 Å². The fourth-order valence-corrected chi connectivity index (χ4v) is 2.94. The van der Waals surface area contributed by atoms with E-state index in [0.717, 1.165) is 10.9 Å². The minimum absolute atomic E-state index is 0.0744. The molecule has 0 saturated carbocycles. The first-order valence-corrected chi connectivity index (χ1v) is 8.17. The highest BCUT2D eigenvalue weighted by molar-refractivity contribution is 6.35. The molecule has 0 aliphatic carbocycles. The Hall–Kier alpha value is -2.57. The van der Waals surface area contributed by atoms with Crippen LogP contribution in [0.1, 0.15) is 5.56 Å². The zero-order valence-corrected chi connectivity index (χ0v) is 14.9. The molecule has 128 valence electrons. The summed E-state index contributed by atoms with van der Waals surface area (Å²) < 4.78 is 1.21. The molecule has 0 amide bonds. The fraction of sp³-hybridized carbons (Fsp3) is 0.118. The van der Waals surface area contributed by atoms with E-state index in [-0.39, 0.29) is 5.95 Å². The zero-order chi connectivity index (χ0) is 18.0. The number of halogens is 2. The van der Waals surface area contributed by atoms with Gasteiger partial charge in [0, 0.05) is 22.5 Å². The summed E-state index contributed by atoms with van der Waals surface area (Å²) in [5.74, 6) is 0.0744. The van der Waals surface area contributed by atoms with Crippen molar-refractivity contribution in [1.29, 1.82) is 0 Å². The molecule has 6 nitrogen and oxygen atoms in total. The normalized spacial score (nSPS) is 11.7. The summed E-state index contributed by atoms with van der Waals surface area (Å²) >= 11 is 12.1. The third-order valence-electron chi connectivity index (χ3n) is 3.64. The maximum Gasteiger partial charge on any atom is 0.222 e. The molecule has 8 heteroatoms. The van der Waals surface area contributed by atoms with Crippen LogP contribution in [0.3, 0.4) is 0 Å². The van der Waals surface area contributed by atoms with E-state index in [0.29, 0.717) is 34.0 Å². The Labute approximate surface area is 154 Å². The molecule has 0 aliphatic rings. The van der Waals surface area contributed by atoms with Crippen molar-refractivity contribution in [1.82, 2.24) is 14.6 Å². The Morgan fingerprint density at radius 2 is 2.04 bits per heavy atom. The Morgan fingerprint density at radius 3 is 2.76 bits per heavy atom. The summed E-state index contributed by atoms with van der Waals surface area (Å²) in [7, 11) is 1.78. The van der Waals surface area contributed by atoms with Crippen LogP contribution in [-0.2, 0) is 11.3 Å². The smallest absolute Gasteiger partial charge is 0.222 e. The molecule has 1 aromatic heterocycles. The van der Waals surface area contributed by atoms with Gasteiger partial charge in [-0.05, 0) is 29.8 Å². The lowest BCUT2D eigenvalue weighted by atomic mass is 10.2. The molecule has 0 saturated heterocycles. The van der Waals surface area contributed by atoms with E-state index in [1.165, 1.54) is 4.57 Å². The Kier molecular flexibility index (Phi) is 4.92. The number of nitrogens with two attached hydrogens (primary N) is 1. The number of fused-ring (bicyclic) bond motifs is 1. The third kappa shape index (κ3) is 3.60. The van der Waals surface area contributed by atoms with Crippen molar-refractivity contribution < 1.29 is 4.79 Å². The van der Waals surface area contributed by atoms with Gasteiger partial charge in [-0.1, -0.05) is 41.4 Å². The highest BCUT2D eigenvalue weighted by Gasteiger charge is 2.08. The second kappa shape index (κ2) is 7.13. The van der Waals surface area contributed by atoms with Gasteiger partial charge >= 0.3 is 0 Å². The molecular formula is C17H15Cl2N5O. The maximum atomic E-state index is 11.5. The molecule has 2 aromatic carbocycles. The lowest BCUT2D eigenvalue weighted by Crippen LogP contribution is -2.29. The molecule has 0 aliphatic heterocycles. The fourth-order valence-electron chi connectivity index (χ4n) is 2.48. The molecule has 3 aromatic rings. The predicted octanol–water partition coefficient (Wildman–Crippen LogP) is 2.91. The summed E-state index contributed by atoms with van der Waals surface area (Å²) in [5, 5.41) is 8.05. The number of aromatic nitrogens is 2. The van der Waals surface area contributed by atoms with Gasteiger partial charge in [0.25, 0.3) is 0 Å². The van der Waals surface area contributed by atoms with Gasteiger partial charge in [0.05, 0.1) is 12.1 Å². The quantitative estimate of drug-likeness (QED) is 0.561. The number of hydrogen-bond acceptors (Lipinski definition) is 5. The van der Waals surface area contributed by atoms with Crippen LogP contribution in [0.4, 0.5) is 5.95 Å². The van der Waals surface area contributed by atoms with Gasteiger partial charge < -0.3 is 5.73 Å². The molecule has 0 spiro atoms. The molecule has 3 rings (SSSR count). The second-order valence-corrected chi connectivity index (χ2v) is 6.28.